The number of anilines is 1. The number of benzene rings is 2. The number of aromatic nitrogens is 2. The Morgan fingerprint density at radius 3 is 2.22 bits per heavy atom. The first-order valence-corrected chi connectivity index (χ1v) is 19.4. The lowest BCUT2D eigenvalue weighted by atomic mass is 9.55. The molecule has 3 aliphatic rings. The van der Waals surface area contributed by atoms with Crippen LogP contribution in [0.1, 0.15) is 42.6 Å². The van der Waals surface area contributed by atoms with Crippen molar-refractivity contribution in [1.82, 2.24) is 10.2 Å². The largest absolute Gasteiger partial charge is 0.508 e. The SMILES string of the molecule is CCN1c2cc(OC(C)=O)c(OC(C)=O)cc2C(=O)C(C(N)=O)([C@H]2C(=O)[N+]3(C)C(C(=O)O)=CC(CSc4nncs4)S[C@@H]23)C1C(C(N)=O)c1ccc(O)cc1. The number of thioether (sulfide) groups is 2. The van der Waals surface area contributed by atoms with Crippen LogP contribution in [0.25, 0.3) is 0 Å². The molecule has 7 atom stereocenters. The van der Waals surface area contributed by atoms with Crippen LogP contribution in [0, 0.1) is 11.3 Å². The molecule has 3 amide bonds. The van der Waals surface area contributed by atoms with E-state index in [4.69, 9.17) is 20.9 Å². The van der Waals surface area contributed by atoms with Gasteiger partial charge < -0.3 is 36.1 Å². The standard InChI is InChI=1S/C35H34N6O11S3/c1-5-40-21-12-24(52-16(3)43)23(51-15(2)42)11-20(21)28(45)35(33(37)50,27(40)25(29(36)46)17-6-8-18(44)9-7-17)26-30(47)41(4)22(32(48)49)10-19(55-31(26)41)13-53-34-39-38-14-54-34/h6-12,14,19,25-27,31H,5,13H2,1-4H3,(H5-,36,37,44,46,48,49,50)/p+1/t19?,25?,26-,27?,31-,35?,41?/m0/s1. The van der Waals surface area contributed by atoms with Gasteiger partial charge in [-0.2, -0.15) is 0 Å². The van der Waals surface area contributed by atoms with E-state index in [2.05, 4.69) is 10.2 Å². The fraction of sp³-hybridized carbons (Fsp3) is 0.343. The Labute approximate surface area is 325 Å². The van der Waals surface area contributed by atoms with E-state index in [0.717, 1.165) is 19.9 Å². The number of aromatic hydroxyl groups is 1. The molecule has 6 rings (SSSR count). The van der Waals surface area contributed by atoms with Gasteiger partial charge in [0.2, 0.25) is 17.5 Å². The smallest absolute Gasteiger partial charge is 0.390 e. The molecule has 3 aromatic rings. The van der Waals surface area contributed by atoms with Crippen LogP contribution in [0.4, 0.5) is 5.69 Å². The van der Waals surface area contributed by atoms with Crippen molar-refractivity contribution in [2.45, 2.75) is 47.7 Å². The number of primary amides is 2. The maximum Gasteiger partial charge on any atom is 0.390 e. The molecular weight excluding hydrogens is 777 g/mol. The Hall–Kier alpha value is -5.31. The molecule has 1 aromatic heterocycles. The Morgan fingerprint density at radius 2 is 1.69 bits per heavy atom. The summed E-state index contributed by atoms with van der Waals surface area (Å²) in [4.78, 5) is 97.2. The number of aliphatic carboxylic acids is 1. The number of β-lactam (4-membered cyclic amide) rings is 1. The molecule has 17 nitrogen and oxygen atoms in total. The van der Waals surface area contributed by atoms with Crippen molar-refractivity contribution in [1.29, 1.82) is 0 Å². The van der Waals surface area contributed by atoms with Gasteiger partial charge in [-0.1, -0.05) is 47.0 Å². The number of Topliss-reactive ketones (excluding diaryl/α,β-unsaturated/α-hetero) is 1. The average molecular weight is 812 g/mol. The summed E-state index contributed by atoms with van der Waals surface area (Å²) in [7, 11) is 1.38. The maximum atomic E-state index is 15.5. The molecule has 0 bridgehead atoms. The predicted molar refractivity (Wildman–Crippen MR) is 198 cm³/mol. The topological polar surface area (TPSA) is 259 Å². The minimum absolute atomic E-state index is 0.0318. The van der Waals surface area contributed by atoms with Gasteiger partial charge in [-0.25, -0.2) is 14.1 Å². The number of phenolic OH excluding ortho intramolecular Hbond substituents is 1. The molecule has 0 spiro atoms. The second kappa shape index (κ2) is 14.7. The highest BCUT2D eigenvalue weighted by atomic mass is 32.2. The molecule has 55 heavy (non-hydrogen) atoms. The van der Waals surface area contributed by atoms with Crippen LogP contribution >= 0.6 is 34.9 Å². The number of ketones is 1. The minimum Gasteiger partial charge on any atom is -0.508 e. The number of carboxylic acids is 1. The zero-order valence-electron chi connectivity index (χ0n) is 29.7. The molecular formula is C35H35N6O11S3+. The van der Waals surface area contributed by atoms with E-state index in [0.29, 0.717) is 4.34 Å². The first-order chi connectivity index (χ1) is 26.0. The van der Waals surface area contributed by atoms with E-state index >= 15 is 4.79 Å². The van der Waals surface area contributed by atoms with Crippen LogP contribution in [0.15, 0.2) is 58.0 Å². The van der Waals surface area contributed by atoms with Crippen molar-refractivity contribution in [2.24, 2.45) is 22.8 Å². The normalized spacial score (nSPS) is 26.1. The minimum atomic E-state index is -2.62. The van der Waals surface area contributed by atoms with Crippen molar-refractivity contribution in [3.63, 3.8) is 0 Å². The summed E-state index contributed by atoms with van der Waals surface area (Å²) in [5.41, 5.74) is 11.0. The highest BCUT2D eigenvalue weighted by Gasteiger charge is 2.80. The maximum absolute atomic E-state index is 15.5. The molecule has 20 heteroatoms. The first kappa shape index (κ1) is 39.4. The quantitative estimate of drug-likeness (QED) is 0.0509. The van der Waals surface area contributed by atoms with Crippen LogP contribution in [-0.4, -0.2) is 102 Å². The molecule has 1 fully saturated rings. The van der Waals surface area contributed by atoms with Gasteiger partial charge in [0, 0.05) is 43.0 Å². The summed E-state index contributed by atoms with van der Waals surface area (Å²) in [6.45, 7) is 3.77. The van der Waals surface area contributed by atoms with Crippen molar-refractivity contribution < 1.29 is 57.7 Å². The summed E-state index contributed by atoms with van der Waals surface area (Å²) in [6, 6.07) is 6.01. The van der Waals surface area contributed by atoms with E-state index in [1.165, 1.54) is 88.7 Å². The number of carbonyl (C=O) groups excluding carboxylic acids is 6. The second-order valence-electron chi connectivity index (χ2n) is 13.1. The van der Waals surface area contributed by atoms with Crippen LogP contribution in [0.5, 0.6) is 17.2 Å². The van der Waals surface area contributed by atoms with Crippen molar-refractivity contribution >= 4 is 82.0 Å². The van der Waals surface area contributed by atoms with Crippen LogP contribution in [0.3, 0.4) is 0 Å². The number of carbonyl (C=O) groups is 7. The number of hydrogen-bond donors (Lipinski definition) is 4. The van der Waals surface area contributed by atoms with E-state index in [1.807, 2.05) is 0 Å². The average Bonchev–Trinajstić information content (AvgIpc) is 3.64. The van der Waals surface area contributed by atoms with Crippen LogP contribution in [-0.2, 0) is 28.8 Å². The number of amides is 3. The lowest BCUT2D eigenvalue weighted by Gasteiger charge is -2.61. The van der Waals surface area contributed by atoms with Gasteiger partial charge in [0.15, 0.2) is 38.3 Å². The van der Waals surface area contributed by atoms with Gasteiger partial charge in [-0.15, -0.1) is 10.2 Å². The van der Waals surface area contributed by atoms with E-state index in [1.54, 1.807) is 6.92 Å². The lowest BCUT2D eigenvalue weighted by Crippen LogP contribution is -2.82. The molecule has 0 saturated carbocycles. The number of rotatable bonds is 12. The number of nitrogens with two attached hydrogens (primary N) is 2. The fourth-order valence-corrected chi connectivity index (χ4v) is 11.3. The van der Waals surface area contributed by atoms with Crippen molar-refractivity contribution in [3.05, 3.63) is 64.8 Å². The lowest BCUT2D eigenvalue weighted by molar-refractivity contribution is -0.843. The zero-order chi connectivity index (χ0) is 40.1. The third kappa shape index (κ3) is 6.41. The number of quaternary nitrogens is 1. The number of carboxylic acid groups (broad SMARTS) is 1. The molecule has 2 aromatic carbocycles. The number of esters is 2. The number of hydrogen-bond acceptors (Lipinski definition) is 16. The van der Waals surface area contributed by atoms with E-state index in [9.17, 15) is 39.0 Å². The molecule has 4 heterocycles. The monoisotopic (exact) mass is 811 g/mol. The molecule has 0 aliphatic carbocycles. The molecule has 1 saturated heterocycles. The Balaban J connectivity index is 1.63. The summed E-state index contributed by atoms with van der Waals surface area (Å²) in [6.07, 6.45) is 1.46. The molecule has 6 N–H and O–H groups in total. The van der Waals surface area contributed by atoms with E-state index in [-0.39, 0.29) is 52.1 Å². The number of ether oxygens (including phenoxy) is 2. The molecule has 288 valence electrons. The second-order valence-corrected chi connectivity index (χ2v) is 16.6. The third-order valence-corrected chi connectivity index (χ3v) is 13.8. The fourth-order valence-electron chi connectivity index (χ4n) is 7.83. The molecule has 3 aliphatic heterocycles. The summed E-state index contributed by atoms with van der Waals surface area (Å²) < 4.78 is 10.5. The highest BCUT2D eigenvalue weighted by Crippen LogP contribution is 2.62. The van der Waals surface area contributed by atoms with Gasteiger partial charge >= 0.3 is 23.8 Å². The summed E-state index contributed by atoms with van der Waals surface area (Å²) >= 11 is 3.75. The Bertz CT molecular complexity index is 2160. The Morgan fingerprint density at radius 1 is 1.05 bits per heavy atom. The number of nitrogens with zero attached hydrogens (tertiary/aromatic N) is 4. The van der Waals surface area contributed by atoms with Gasteiger partial charge in [0.1, 0.15) is 11.3 Å². The molecule has 0 radical (unpaired) electrons. The van der Waals surface area contributed by atoms with Gasteiger partial charge in [-0.05, 0) is 36.8 Å². The Kier molecular flexibility index (Phi) is 10.6. The molecule has 5 unspecified atom stereocenters. The third-order valence-electron chi connectivity index (χ3n) is 10.0. The van der Waals surface area contributed by atoms with Crippen LogP contribution < -0.4 is 25.8 Å². The number of phenols is 1. The van der Waals surface area contributed by atoms with Gasteiger partial charge in [-0.3, -0.25) is 24.0 Å². The van der Waals surface area contributed by atoms with E-state index < -0.39 is 79.8 Å². The number of fused-ring (bicyclic) bond motifs is 2. The van der Waals surface area contributed by atoms with Crippen LogP contribution in [0.2, 0.25) is 0 Å². The number of likely N-dealkylation sites (N-methyl/N-ethyl adjacent to an activating group) is 2. The summed E-state index contributed by atoms with van der Waals surface area (Å²) in [5, 5.41) is 26.7. The highest BCUT2D eigenvalue weighted by molar-refractivity contribution is 8.04. The zero-order valence-corrected chi connectivity index (χ0v) is 32.1. The van der Waals surface area contributed by atoms with Crippen molar-refractivity contribution in [2.75, 3.05) is 24.2 Å². The first-order valence-electron chi connectivity index (χ1n) is 16.6. The summed E-state index contributed by atoms with van der Waals surface area (Å²) in [5.74, 6) is -10.9. The van der Waals surface area contributed by atoms with Gasteiger partial charge in [0.25, 0.3) is 0 Å². The van der Waals surface area contributed by atoms with Gasteiger partial charge in [0.05, 0.1) is 24.7 Å². The predicted octanol–water partition coefficient (Wildman–Crippen LogP) is 2.03. The van der Waals surface area contributed by atoms with Crippen molar-refractivity contribution in [3.8, 4) is 17.2 Å².